The highest BCUT2D eigenvalue weighted by Crippen LogP contribution is 2.33. The number of esters is 1. The molecule has 0 unspecified atom stereocenters. The normalized spacial score (nSPS) is 10.9. The summed E-state index contributed by atoms with van der Waals surface area (Å²) in [6.07, 6.45) is 1.09. The standard InChI is InChI=1S/C19H13N3O3/c1-2-18(24)25-13-9-7-12-8-10-17(23)19(14(12)11-13)22-20-15-5-3-4-6-16(15)21-22/h2-11,23H,1H2. The van der Waals surface area contributed by atoms with Crippen LogP contribution in [0.3, 0.4) is 0 Å². The fourth-order valence-corrected chi connectivity index (χ4v) is 2.66. The lowest BCUT2D eigenvalue weighted by Gasteiger charge is -2.09. The van der Waals surface area contributed by atoms with Crippen molar-refractivity contribution >= 4 is 27.8 Å². The van der Waals surface area contributed by atoms with Crippen molar-refractivity contribution in [3.8, 4) is 17.2 Å². The van der Waals surface area contributed by atoms with Crippen LogP contribution in [0.2, 0.25) is 0 Å². The lowest BCUT2D eigenvalue weighted by atomic mass is 10.1. The van der Waals surface area contributed by atoms with Crippen LogP contribution in [0.15, 0.2) is 67.3 Å². The molecule has 0 aliphatic carbocycles. The SMILES string of the molecule is C=CC(=O)Oc1ccc2ccc(O)c(-n3nc4ccccc4n3)c2c1. The average molecular weight is 331 g/mol. The van der Waals surface area contributed by atoms with Crippen molar-refractivity contribution in [2.75, 3.05) is 0 Å². The van der Waals surface area contributed by atoms with Gasteiger partial charge in [-0.25, -0.2) is 4.79 Å². The maximum atomic E-state index is 11.4. The molecule has 6 nitrogen and oxygen atoms in total. The molecule has 0 fully saturated rings. The molecule has 1 heterocycles. The van der Waals surface area contributed by atoms with Crippen molar-refractivity contribution in [1.29, 1.82) is 0 Å². The Morgan fingerprint density at radius 1 is 1.08 bits per heavy atom. The number of hydrogen-bond donors (Lipinski definition) is 1. The molecule has 4 aromatic rings. The van der Waals surface area contributed by atoms with E-state index in [0.717, 1.165) is 11.5 Å². The van der Waals surface area contributed by atoms with Crippen LogP contribution in [0.25, 0.3) is 27.5 Å². The van der Waals surface area contributed by atoms with Crippen molar-refractivity contribution in [2.45, 2.75) is 0 Å². The lowest BCUT2D eigenvalue weighted by molar-refractivity contribution is -0.128. The number of hydrogen-bond acceptors (Lipinski definition) is 5. The van der Waals surface area contributed by atoms with Crippen molar-refractivity contribution in [3.05, 3.63) is 67.3 Å². The molecule has 3 aromatic carbocycles. The lowest BCUT2D eigenvalue weighted by Crippen LogP contribution is -2.04. The molecule has 1 N–H and O–H groups in total. The van der Waals surface area contributed by atoms with Crippen molar-refractivity contribution in [1.82, 2.24) is 15.0 Å². The Kier molecular flexibility index (Phi) is 3.43. The summed E-state index contributed by atoms with van der Waals surface area (Å²) in [7, 11) is 0. The largest absolute Gasteiger partial charge is 0.506 e. The number of phenols is 1. The Bertz CT molecular complexity index is 1100. The van der Waals surface area contributed by atoms with Gasteiger partial charge in [-0.1, -0.05) is 30.8 Å². The van der Waals surface area contributed by atoms with Gasteiger partial charge in [-0.2, -0.15) is 0 Å². The molecule has 122 valence electrons. The molecule has 25 heavy (non-hydrogen) atoms. The third-order valence-corrected chi connectivity index (χ3v) is 3.82. The zero-order valence-corrected chi connectivity index (χ0v) is 13.1. The molecule has 0 saturated heterocycles. The van der Waals surface area contributed by atoms with E-state index in [1.54, 1.807) is 30.3 Å². The van der Waals surface area contributed by atoms with E-state index in [0.29, 0.717) is 27.9 Å². The molecular weight excluding hydrogens is 318 g/mol. The molecule has 0 aliphatic rings. The van der Waals surface area contributed by atoms with E-state index in [9.17, 15) is 9.90 Å². The van der Waals surface area contributed by atoms with Crippen LogP contribution in [-0.2, 0) is 4.79 Å². The van der Waals surface area contributed by atoms with E-state index in [-0.39, 0.29) is 5.75 Å². The fourth-order valence-electron chi connectivity index (χ4n) is 2.66. The van der Waals surface area contributed by atoms with Crippen LogP contribution >= 0.6 is 0 Å². The summed E-state index contributed by atoms with van der Waals surface area (Å²) in [4.78, 5) is 12.8. The molecular formula is C19H13N3O3. The maximum absolute atomic E-state index is 11.4. The van der Waals surface area contributed by atoms with Gasteiger partial charge in [-0.15, -0.1) is 15.0 Å². The van der Waals surface area contributed by atoms with Crippen molar-refractivity contribution < 1.29 is 14.6 Å². The smallest absolute Gasteiger partial charge is 0.335 e. The summed E-state index contributed by atoms with van der Waals surface area (Å²) in [5.74, 6) is -0.176. The van der Waals surface area contributed by atoms with Crippen LogP contribution in [-0.4, -0.2) is 26.1 Å². The van der Waals surface area contributed by atoms with E-state index >= 15 is 0 Å². The van der Waals surface area contributed by atoms with Gasteiger partial charge in [0, 0.05) is 11.5 Å². The Balaban J connectivity index is 1.94. The number of benzene rings is 3. The van der Waals surface area contributed by atoms with Crippen molar-refractivity contribution in [2.24, 2.45) is 0 Å². The van der Waals surface area contributed by atoms with Gasteiger partial charge in [-0.05, 0) is 35.7 Å². The van der Waals surface area contributed by atoms with Gasteiger partial charge in [0.25, 0.3) is 0 Å². The van der Waals surface area contributed by atoms with Crippen LogP contribution < -0.4 is 4.74 Å². The van der Waals surface area contributed by atoms with E-state index in [1.807, 2.05) is 24.3 Å². The molecule has 0 saturated carbocycles. The van der Waals surface area contributed by atoms with Gasteiger partial charge in [0.15, 0.2) is 0 Å². The first-order chi connectivity index (χ1) is 12.2. The third kappa shape index (κ3) is 2.59. The molecule has 1 aromatic heterocycles. The Morgan fingerprint density at radius 3 is 2.44 bits per heavy atom. The van der Waals surface area contributed by atoms with E-state index in [1.165, 1.54) is 4.80 Å². The molecule has 0 bridgehead atoms. The predicted molar refractivity (Wildman–Crippen MR) is 93.9 cm³/mol. The van der Waals surface area contributed by atoms with Crippen LogP contribution in [0.5, 0.6) is 11.5 Å². The summed E-state index contributed by atoms with van der Waals surface area (Å²) >= 11 is 0. The summed E-state index contributed by atoms with van der Waals surface area (Å²) in [5, 5.41) is 20.7. The molecule has 0 aliphatic heterocycles. The van der Waals surface area contributed by atoms with Gasteiger partial charge in [0.2, 0.25) is 0 Å². The number of rotatable bonds is 3. The van der Waals surface area contributed by atoms with Crippen LogP contribution in [0.4, 0.5) is 0 Å². The van der Waals surface area contributed by atoms with Gasteiger partial charge in [-0.3, -0.25) is 0 Å². The number of ether oxygens (including phenoxy) is 1. The minimum absolute atomic E-state index is 0.0278. The minimum atomic E-state index is -0.552. The maximum Gasteiger partial charge on any atom is 0.335 e. The highest BCUT2D eigenvalue weighted by molar-refractivity contribution is 5.94. The number of nitrogens with zero attached hydrogens (tertiary/aromatic N) is 3. The van der Waals surface area contributed by atoms with Crippen LogP contribution in [0.1, 0.15) is 0 Å². The fraction of sp³-hybridized carbons (Fsp3) is 0. The Labute approximate surface area is 142 Å². The van der Waals surface area contributed by atoms with Crippen LogP contribution in [0, 0.1) is 0 Å². The second-order valence-corrected chi connectivity index (χ2v) is 5.42. The van der Waals surface area contributed by atoms with Gasteiger partial charge >= 0.3 is 5.97 Å². The summed E-state index contributed by atoms with van der Waals surface area (Å²) in [6.45, 7) is 3.38. The number of aromatic nitrogens is 3. The number of carbonyl (C=O) groups is 1. The van der Waals surface area contributed by atoms with E-state index in [2.05, 4.69) is 16.8 Å². The van der Waals surface area contributed by atoms with E-state index in [4.69, 9.17) is 4.74 Å². The minimum Gasteiger partial charge on any atom is -0.506 e. The molecule has 0 spiro atoms. The molecule has 6 heteroatoms. The number of phenolic OH excluding ortho intramolecular Hbond substituents is 1. The molecule has 0 amide bonds. The highest BCUT2D eigenvalue weighted by Gasteiger charge is 2.14. The number of carbonyl (C=O) groups excluding carboxylic acids is 1. The second-order valence-electron chi connectivity index (χ2n) is 5.42. The van der Waals surface area contributed by atoms with Gasteiger partial charge in [0.05, 0.1) is 0 Å². The zero-order chi connectivity index (χ0) is 17.4. The molecule has 4 rings (SSSR count). The topological polar surface area (TPSA) is 77.2 Å². The summed E-state index contributed by atoms with van der Waals surface area (Å²) in [5.41, 5.74) is 1.85. The van der Waals surface area contributed by atoms with Gasteiger partial charge in [0.1, 0.15) is 28.2 Å². The predicted octanol–water partition coefficient (Wildman–Crippen LogP) is 3.37. The first-order valence-corrected chi connectivity index (χ1v) is 7.58. The third-order valence-electron chi connectivity index (χ3n) is 3.82. The van der Waals surface area contributed by atoms with E-state index < -0.39 is 5.97 Å². The molecule has 0 radical (unpaired) electrons. The number of fused-ring (bicyclic) bond motifs is 2. The first-order valence-electron chi connectivity index (χ1n) is 7.58. The zero-order valence-electron chi connectivity index (χ0n) is 13.1. The second kappa shape index (κ2) is 5.76. The monoisotopic (exact) mass is 331 g/mol. The number of aromatic hydroxyl groups is 1. The van der Waals surface area contributed by atoms with Gasteiger partial charge < -0.3 is 9.84 Å². The summed E-state index contributed by atoms with van der Waals surface area (Å²) in [6, 6.07) is 15.9. The quantitative estimate of drug-likeness (QED) is 0.354. The highest BCUT2D eigenvalue weighted by atomic mass is 16.5. The average Bonchev–Trinajstić information content (AvgIpc) is 3.04. The molecule has 0 atom stereocenters. The van der Waals surface area contributed by atoms with Crippen molar-refractivity contribution in [3.63, 3.8) is 0 Å². The summed E-state index contributed by atoms with van der Waals surface area (Å²) < 4.78 is 5.17. The Hall–Kier alpha value is -3.67. The Morgan fingerprint density at radius 2 is 1.76 bits per heavy atom. The first kappa shape index (κ1) is 14.9.